The smallest absolute Gasteiger partial charge is 0.139 e. The van der Waals surface area contributed by atoms with Gasteiger partial charge < -0.3 is 0 Å². The average molecular weight is 243 g/mol. The SMILES string of the molecule is CCn1ncc2cc(Br)c(F)cc21. The summed E-state index contributed by atoms with van der Waals surface area (Å²) < 4.78 is 15.4. The van der Waals surface area contributed by atoms with Crippen molar-refractivity contribution in [2.24, 2.45) is 0 Å². The van der Waals surface area contributed by atoms with Crippen LogP contribution in [-0.4, -0.2) is 9.78 Å². The molecule has 0 bridgehead atoms. The Hall–Kier alpha value is -0.900. The monoisotopic (exact) mass is 242 g/mol. The first-order valence-corrected chi connectivity index (χ1v) is 4.82. The lowest BCUT2D eigenvalue weighted by molar-refractivity contribution is 0.619. The highest BCUT2D eigenvalue weighted by molar-refractivity contribution is 9.10. The van der Waals surface area contributed by atoms with Gasteiger partial charge in [-0.25, -0.2) is 4.39 Å². The first-order valence-electron chi connectivity index (χ1n) is 4.03. The van der Waals surface area contributed by atoms with E-state index >= 15 is 0 Å². The van der Waals surface area contributed by atoms with E-state index in [2.05, 4.69) is 21.0 Å². The number of hydrogen-bond acceptors (Lipinski definition) is 1. The van der Waals surface area contributed by atoms with Crippen LogP contribution in [0.5, 0.6) is 0 Å². The molecular formula is C9H8BrFN2. The van der Waals surface area contributed by atoms with Crippen molar-refractivity contribution >= 4 is 26.8 Å². The molecule has 0 aliphatic heterocycles. The van der Waals surface area contributed by atoms with Gasteiger partial charge in [-0.15, -0.1) is 0 Å². The zero-order valence-corrected chi connectivity index (χ0v) is 8.68. The number of aryl methyl sites for hydroxylation is 1. The summed E-state index contributed by atoms with van der Waals surface area (Å²) in [5.41, 5.74) is 0.836. The molecule has 1 heterocycles. The number of benzene rings is 1. The van der Waals surface area contributed by atoms with Crippen LogP contribution < -0.4 is 0 Å². The molecule has 0 aliphatic carbocycles. The molecule has 1 aromatic carbocycles. The van der Waals surface area contributed by atoms with E-state index in [0.29, 0.717) is 4.47 Å². The standard InChI is InChI=1S/C9H8BrFN2/c1-2-13-9-4-8(11)7(10)3-6(9)5-12-13/h3-5H,2H2,1H3. The molecule has 2 rings (SSSR count). The summed E-state index contributed by atoms with van der Waals surface area (Å²) in [7, 11) is 0. The van der Waals surface area contributed by atoms with E-state index in [-0.39, 0.29) is 5.82 Å². The largest absolute Gasteiger partial charge is 0.265 e. The van der Waals surface area contributed by atoms with Crippen LogP contribution in [0, 0.1) is 5.82 Å². The molecule has 68 valence electrons. The van der Waals surface area contributed by atoms with Gasteiger partial charge in [0.2, 0.25) is 0 Å². The minimum atomic E-state index is -0.247. The van der Waals surface area contributed by atoms with Crippen molar-refractivity contribution in [1.82, 2.24) is 9.78 Å². The lowest BCUT2D eigenvalue weighted by Crippen LogP contribution is -1.95. The van der Waals surface area contributed by atoms with Gasteiger partial charge in [0.05, 0.1) is 16.2 Å². The number of hydrogen-bond donors (Lipinski definition) is 0. The Kier molecular flexibility index (Phi) is 2.07. The van der Waals surface area contributed by atoms with Crippen molar-refractivity contribution in [1.29, 1.82) is 0 Å². The van der Waals surface area contributed by atoms with Crippen LogP contribution in [0.15, 0.2) is 22.8 Å². The summed E-state index contributed by atoms with van der Waals surface area (Å²) in [5, 5.41) is 5.08. The Labute approximate surface area is 83.5 Å². The van der Waals surface area contributed by atoms with E-state index in [1.807, 2.05) is 6.92 Å². The summed E-state index contributed by atoms with van der Waals surface area (Å²) in [5.74, 6) is -0.247. The van der Waals surface area contributed by atoms with Crippen molar-refractivity contribution in [2.45, 2.75) is 13.5 Å². The summed E-state index contributed by atoms with van der Waals surface area (Å²) >= 11 is 3.14. The second-order valence-corrected chi connectivity index (χ2v) is 3.64. The van der Waals surface area contributed by atoms with Gasteiger partial charge in [0.25, 0.3) is 0 Å². The summed E-state index contributed by atoms with van der Waals surface area (Å²) in [6, 6.07) is 3.24. The van der Waals surface area contributed by atoms with Crippen LogP contribution >= 0.6 is 15.9 Å². The maximum atomic E-state index is 13.2. The second-order valence-electron chi connectivity index (χ2n) is 2.79. The molecule has 2 nitrogen and oxygen atoms in total. The number of nitrogens with zero attached hydrogens (tertiary/aromatic N) is 2. The summed E-state index contributed by atoms with van der Waals surface area (Å²) in [6.45, 7) is 2.73. The van der Waals surface area contributed by atoms with E-state index in [1.165, 1.54) is 6.07 Å². The third kappa shape index (κ3) is 1.35. The Morgan fingerprint density at radius 1 is 1.54 bits per heavy atom. The predicted octanol–water partition coefficient (Wildman–Crippen LogP) is 2.96. The third-order valence-corrected chi connectivity index (χ3v) is 2.59. The maximum absolute atomic E-state index is 13.2. The molecule has 0 atom stereocenters. The van der Waals surface area contributed by atoms with Gasteiger partial charge in [0.15, 0.2) is 0 Å². The topological polar surface area (TPSA) is 17.8 Å². The van der Waals surface area contributed by atoms with Crippen LogP contribution in [0.25, 0.3) is 10.9 Å². The average Bonchev–Trinajstić information content (AvgIpc) is 2.48. The highest BCUT2D eigenvalue weighted by Gasteiger charge is 2.05. The van der Waals surface area contributed by atoms with E-state index in [9.17, 15) is 4.39 Å². The van der Waals surface area contributed by atoms with Gasteiger partial charge in [-0.3, -0.25) is 4.68 Å². The molecule has 0 unspecified atom stereocenters. The minimum Gasteiger partial charge on any atom is -0.265 e. The zero-order chi connectivity index (χ0) is 9.42. The maximum Gasteiger partial charge on any atom is 0.139 e. The number of rotatable bonds is 1. The Morgan fingerprint density at radius 3 is 3.00 bits per heavy atom. The lowest BCUT2D eigenvalue weighted by Gasteiger charge is -1.99. The Balaban J connectivity index is 2.77. The summed E-state index contributed by atoms with van der Waals surface area (Å²) in [6.07, 6.45) is 1.74. The zero-order valence-electron chi connectivity index (χ0n) is 7.09. The normalized spacial score (nSPS) is 11.0. The van der Waals surface area contributed by atoms with Crippen molar-refractivity contribution in [2.75, 3.05) is 0 Å². The molecule has 0 saturated heterocycles. The van der Waals surface area contributed by atoms with E-state index in [4.69, 9.17) is 0 Å². The van der Waals surface area contributed by atoms with Crippen LogP contribution in [0.1, 0.15) is 6.92 Å². The van der Waals surface area contributed by atoms with Crippen molar-refractivity contribution in [3.63, 3.8) is 0 Å². The van der Waals surface area contributed by atoms with Gasteiger partial charge in [0.1, 0.15) is 5.82 Å². The molecule has 0 radical (unpaired) electrons. The lowest BCUT2D eigenvalue weighted by atomic mass is 10.2. The van der Waals surface area contributed by atoms with Crippen molar-refractivity contribution in [3.05, 3.63) is 28.6 Å². The highest BCUT2D eigenvalue weighted by atomic mass is 79.9. The first kappa shape index (κ1) is 8.69. The van der Waals surface area contributed by atoms with E-state index < -0.39 is 0 Å². The van der Waals surface area contributed by atoms with Crippen LogP contribution in [0.3, 0.4) is 0 Å². The van der Waals surface area contributed by atoms with Crippen molar-refractivity contribution < 1.29 is 4.39 Å². The fraction of sp³-hybridized carbons (Fsp3) is 0.222. The van der Waals surface area contributed by atoms with Gasteiger partial charge in [0, 0.05) is 18.0 Å². The van der Waals surface area contributed by atoms with Gasteiger partial charge in [-0.05, 0) is 28.9 Å². The molecule has 0 N–H and O–H groups in total. The Bertz CT molecular complexity index is 450. The number of halogens is 2. The fourth-order valence-electron chi connectivity index (χ4n) is 1.32. The van der Waals surface area contributed by atoms with Crippen molar-refractivity contribution in [3.8, 4) is 0 Å². The van der Waals surface area contributed by atoms with Crippen LogP contribution in [0.4, 0.5) is 4.39 Å². The minimum absolute atomic E-state index is 0.247. The molecule has 0 aliphatic rings. The third-order valence-electron chi connectivity index (χ3n) is 1.98. The number of aromatic nitrogens is 2. The quantitative estimate of drug-likeness (QED) is 0.752. The second kappa shape index (κ2) is 3.10. The molecule has 0 fully saturated rings. The number of fused-ring (bicyclic) bond motifs is 1. The van der Waals surface area contributed by atoms with Crippen LogP contribution in [-0.2, 0) is 6.54 Å². The van der Waals surface area contributed by atoms with Gasteiger partial charge in [-0.2, -0.15) is 5.10 Å². The molecule has 0 amide bonds. The molecule has 1 aromatic heterocycles. The van der Waals surface area contributed by atoms with Gasteiger partial charge in [-0.1, -0.05) is 0 Å². The molecule has 4 heteroatoms. The van der Waals surface area contributed by atoms with Crippen LogP contribution in [0.2, 0.25) is 0 Å². The molecule has 0 saturated carbocycles. The molecule has 13 heavy (non-hydrogen) atoms. The molecule has 2 aromatic rings. The molecular weight excluding hydrogens is 235 g/mol. The van der Waals surface area contributed by atoms with E-state index in [1.54, 1.807) is 16.9 Å². The highest BCUT2D eigenvalue weighted by Crippen LogP contribution is 2.22. The summed E-state index contributed by atoms with van der Waals surface area (Å²) in [4.78, 5) is 0. The van der Waals surface area contributed by atoms with Gasteiger partial charge >= 0.3 is 0 Å². The Morgan fingerprint density at radius 2 is 2.31 bits per heavy atom. The fourth-order valence-corrected chi connectivity index (χ4v) is 1.69. The first-order chi connectivity index (χ1) is 6.22. The van der Waals surface area contributed by atoms with E-state index in [0.717, 1.165) is 17.4 Å². The molecule has 0 spiro atoms. The predicted molar refractivity (Wildman–Crippen MR) is 53.1 cm³/mol.